The number of carboxylic acid groups (broad SMARTS) is 1. The highest BCUT2D eigenvalue weighted by molar-refractivity contribution is 5.88. The van der Waals surface area contributed by atoms with Gasteiger partial charge in [0.1, 0.15) is 31.0 Å². The van der Waals surface area contributed by atoms with Crippen molar-refractivity contribution in [2.75, 3.05) is 6.61 Å². The number of phenolic OH excluding ortho intramolecular Hbond substituents is 4. The van der Waals surface area contributed by atoms with Gasteiger partial charge in [0.2, 0.25) is 0 Å². The van der Waals surface area contributed by atoms with Crippen LogP contribution in [-0.2, 0) is 33.3 Å². The van der Waals surface area contributed by atoms with Gasteiger partial charge < -0.3 is 49.6 Å². The third-order valence-electron chi connectivity index (χ3n) is 6.03. The number of carbonyl (C=O) groups excluding carboxylic acids is 2. The van der Waals surface area contributed by atoms with Gasteiger partial charge in [-0.3, -0.25) is 0 Å². The molecule has 6 N–H and O–H groups in total. The lowest BCUT2D eigenvalue weighted by Gasteiger charge is -2.35. The molecule has 13 nitrogen and oxygen atoms in total. The number of aromatic hydroxyl groups is 4. The number of ether oxygens (including phenoxy) is 4. The van der Waals surface area contributed by atoms with E-state index in [0.717, 1.165) is 12.2 Å². The van der Waals surface area contributed by atoms with E-state index in [2.05, 4.69) is 0 Å². The zero-order valence-corrected chi connectivity index (χ0v) is 20.0. The molecule has 4 rings (SSSR count). The van der Waals surface area contributed by atoms with Crippen molar-refractivity contribution in [3.05, 3.63) is 59.7 Å². The van der Waals surface area contributed by atoms with Crippen molar-refractivity contribution in [2.45, 2.75) is 36.6 Å². The number of carbonyl (C=O) groups is 3. The zero-order valence-electron chi connectivity index (χ0n) is 20.0. The monoisotopic (exact) mass is 544 g/mol. The lowest BCUT2D eigenvalue weighted by molar-refractivity contribution is -0.247. The normalized spacial score (nSPS) is 26.1. The van der Waals surface area contributed by atoms with Gasteiger partial charge in [0.05, 0.1) is 6.42 Å². The van der Waals surface area contributed by atoms with Gasteiger partial charge in [-0.1, -0.05) is 12.1 Å². The number of fused-ring (bicyclic) bond motifs is 2. The molecule has 0 unspecified atom stereocenters. The second-order valence-electron chi connectivity index (χ2n) is 8.76. The number of benzene rings is 2. The summed E-state index contributed by atoms with van der Waals surface area (Å²) in [6.07, 6.45) is -1.31. The quantitative estimate of drug-likeness (QED) is 0.156. The Morgan fingerprint density at radius 2 is 1.44 bits per heavy atom. The van der Waals surface area contributed by atoms with E-state index in [1.807, 2.05) is 0 Å². The number of aliphatic hydroxyl groups excluding tert-OH is 1. The molecule has 2 fully saturated rings. The third-order valence-corrected chi connectivity index (χ3v) is 6.03. The minimum atomic E-state index is -2.25. The molecule has 5 atom stereocenters. The SMILES string of the molecule is O=C(C=Cc1ccc(O)c(O)c1)OC[C@@H]1O[C@]2(C(=O)O)C[C@H](OC(=O)C=Cc3ccc(O)c(O)c3)[C@@H](O)[C@H]1O2. The average molecular weight is 544 g/mol. The largest absolute Gasteiger partial charge is 0.504 e. The molecule has 0 saturated carbocycles. The average Bonchev–Trinajstić information content (AvgIpc) is 3.22. The Kier molecular flexibility index (Phi) is 7.76. The summed E-state index contributed by atoms with van der Waals surface area (Å²) in [7, 11) is 0. The summed E-state index contributed by atoms with van der Waals surface area (Å²) in [4.78, 5) is 36.4. The minimum absolute atomic E-state index is 0.331. The van der Waals surface area contributed by atoms with E-state index in [9.17, 15) is 45.0 Å². The molecule has 2 heterocycles. The highest BCUT2D eigenvalue weighted by atomic mass is 16.8. The molecule has 2 aliphatic rings. The van der Waals surface area contributed by atoms with Crippen LogP contribution in [0.1, 0.15) is 17.5 Å². The molecule has 0 spiro atoms. The molecule has 0 radical (unpaired) electrons. The molecule has 13 heteroatoms. The van der Waals surface area contributed by atoms with Crippen LogP contribution in [0.5, 0.6) is 23.0 Å². The van der Waals surface area contributed by atoms with Gasteiger partial charge in [-0.05, 0) is 47.5 Å². The van der Waals surface area contributed by atoms with Gasteiger partial charge in [-0.15, -0.1) is 0 Å². The van der Waals surface area contributed by atoms with Crippen molar-refractivity contribution >= 4 is 30.1 Å². The molecule has 206 valence electrons. The Morgan fingerprint density at radius 3 is 1.97 bits per heavy atom. The molecule has 0 aromatic heterocycles. The Labute approximate surface area is 220 Å². The van der Waals surface area contributed by atoms with Crippen LogP contribution in [-0.4, -0.2) is 85.4 Å². The van der Waals surface area contributed by atoms with Crippen LogP contribution < -0.4 is 0 Å². The number of hydrogen-bond acceptors (Lipinski definition) is 12. The van der Waals surface area contributed by atoms with Crippen molar-refractivity contribution in [1.82, 2.24) is 0 Å². The number of carboxylic acids is 1. The van der Waals surface area contributed by atoms with Gasteiger partial charge in [0, 0.05) is 12.2 Å². The fourth-order valence-electron chi connectivity index (χ4n) is 4.06. The predicted molar refractivity (Wildman–Crippen MR) is 129 cm³/mol. The number of aliphatic carboxylic acids is 1. The standard InChI is InChI=1S/C26H24O13/c27-15-5-1-13(9-17(15)29)3-7-21(31)36-12-20-24-23(33)19(11-26(38-20,39-24)25(34)35)37-22(32)8-4-14-2-6-16(28)18(30)10-14/h1-10,19-20,23-24,27-30,33H,11-12H2,(H,34,35)/t19-,20-,23+,24-,26+/m0/s1. The Hall–Kier alpha value is -4.59. The topological polar surface area (TPSA) is 210 Å². The molecule has 39 heavy (non-hydrogen) atoms. The molecule has 2 aliphatic heterocycles. The molecule has 2 saturated heterocycles. The lowest BCUT2D eigenvalue weighted by atomic mass is 9.95. The summed E-state index contributed by atoms with van der Waals surface area (Å²) in [5.74, 6) is -7.01. The molecular formula is C26H24O13. The van der Waals surface area contributed by atoms with Crippen LogP contribution in [0.15, 0.2) is 48.6 Å². The summed E-state index contributed by atoms with van der Waals surface area (Å²) in [5.41, 5.74) is 0.748. The van der Waals surface area contributed by atoms with E-state index in [1.54, 1.807) is 0 Å². The summed E-state index contributed by atoms with van der Waals surface area (Å²) in [6.45, 7) is -0.494. The van der Waals surface area contributed by atoms with Crippen LogP contribution in [0.25, 0.3) is 12.2 Å². The first kappa shape index (κ1) is 27.4. The van der Waals surface area contributed by atoms with Crippen molar-refractivity contribution in [3.8, 4) is 23.0 Å². The first-order valence-electron chi connectivity index (χ1n) is 11.5. The highest BCUT2D eigenvalue weighted by Gasteiger charge is 2.63. The predicted octanol–water partition coefficient (Wildman–Crippen LogP) is 1.02. The smallest absolute Gasteiger partial charge is 0.364 e. The van der Waals surface area contributed by atoms with Gasteiger partial charge in [-0.2, -0.15) is 0 Å². The van der Waals surface area contributed by atoms with Crippen LogP contribution in [0, 0.1) is 0 Å². The second-order valence-corrected chi connectivity index (χ2v) is 8.76. The van der Waals surface area contributed by atoms with Gasteiger partial charge in [-0.25, -0.2) is 14.4 Å². The van der Waals surface area contributed by atoms with Crippen LogP contribution >= 0.6 is 0 Å². The maximum Gasteiger partial charge on any atom is 0.364 e. The van der Waals surface area contributed by atoms with Crippen LogP contribution in [0.4, 0.5) is 0 Å². The highest BCUT2D eigenvalue weighted by Crippen LogP contribution is 2.42. The molecule has 2 aromatic carbocycles. The zero-order chi connectivity index (χ0) is 28.3. The van der Waals surface area contributed by atoms with Gasteiger partial charge in [0.15, 0.2) is 23.0 Å². The fourth-order valence-corrected chi connectivity index (χ4v) is 4.06. The Morgan fingerprint density at radius 1 is 0.872 bits per heavy atom. The van der Waals surface area contributed by atoms with E-state index >= 15 is 0 Å². The van der Waals surface area contributed by atoms with Crippen molar-refractivity contribution in [1.29, 1.82) is 0 Å². The number of aliphatic hydroxyl groups is 1. The Balaban J connectivity index is 1.38. The fraction of sp³-hybridized carbons (Fsp3) is 0.269. The van der Waals surface area contributed by atoms with Gasteiger partial charge in [0.25, 0.3) is 5.79 Å². The number of esters is 2. The van der Waals surface area contributed by atoms with Crippen LogP contribution in [0.2, 0.25) is 0 Å². The molecule has 2 bridgehead atoms. The van der Waals surface area contributed by atoms with Crippen molar-refractivity contribution in [3.63, 3.8) is 0 Å². The second kappa shape index (κ2) is 11.0. The maximum atomic E-state index is 12.3. The number of rotatable bonds is 8. The summed E-state index contributed by atoms with van der Waals surface area (Å²) < 4.78 is 21.3. The van der Waals surface area contributed by atoms with Crippen molar-refractivity contribution < 1.29 is 64.0 Å². The molecular weight excluding hydrogens is 520 g/mol. The summed E-state index contributed by atoms with van der Waals surface area (Å²) in [6, 6.07) is 7.72. The van der Waals surface area contributed by atoms with Gasteiger partial charge >= 0.3 is 17.9 Å². The van der Waals surface area contributed by atoms with E-state index in [0.29, 0.717) is 11.1 Å². The number of phenols is 4. The van der Waals surface area contributed by atoms with Crippen LogP contribution in [0.3, 0.4) is 0 Å². The number of hydrogen-bond donors (Lipinski definition) is 6. The van der Waals surface area contributed by atoms with Crippen molar-refractivity contribution in [2.24, 2.45) is 0 Å². The van der Waals surface area contributed by atoms with E-state index < -0.39 is 66.9 Å². The minimum Gasteiger partial charge on any atom is -0.504 e. The van der Waals surface area contributed by atoms with E-state index in [1.165, 1.54) is 48.6 Å². The third kappa shape index (κ3) is 6.12. The molecule has 2 aromatic rings. The maximum absolute atomic E-state index is 12.3. The first-order valence-corrected chi connectivity index (χ1v) is 11.5. The lowest BCUT2D eigenvalue weighted by Crippen LogP contribution is -2.55. The summed E-state index contributed by atoms with van der Waals surface area (Å²) >= 11 is 0. The first-order chi connectivity index (χ1) is 18.5. The molecule has 0 aliphatic carbocycles. The molecule has 0 amide bonds. The Bertz CT molecular complexity index is 1330. The van der Waals surface area contributed by atoms with E-state index in [-0.39, 0.29) is 17.2 Å². The summed E-state index contributed by atoms with van der Waals surface area (Å²) in [5, 5.41) is 58.2. The van der Waals surface area contributed by atoms with E-state index in [4.69, 9.17) is 18.9 Å².